The molecule has 2 aliphatic rings. The first-order chi connectivity index (χ1) is 17.0. The van der Waals surface area contributed by atoms with E-state index in [-0.39, 0.29) is 11.9 Å². The molecule has 7 nitrogen and oxygen atoms in total. The number of carbonyl (C=O) groups is 1. The van der Waals surface area contributed by atoms with E-state index in [0.717, 1.165) is 22.5 Å². The predicted octanol–water partition coefficient (Wildman–Crippen LogP) is 5.05. The van der Waals surface area contributed by atoms with Gasteiger partial charge >= 0.3 is 0 Å². The number of hydrogen-bond donors (Lipinski definition) is 2. The first-order valence-electron chi connectivity index (χ1n) is 11.1. The number of benzene rings is 3. The number of halogens is 3. The van der Waals surface area contributed by atoms with Gasteiger partial charge in [-0.15, -0.1) is 5.53 Å². The van der Waals surface area contributed by atoms with Gasteiger partial charge in [0.2, 0.25) is 5.91 Å². The molecular formula is C25H23Cl3N6O. The fraction of sp³-hybridized carbons (Fsp3) is 0.200. The Hall–Kier alpha value is -2.97. The minimum absolute atomic E-state index is 0.0703. The van der Waals surface area contributed by atoms with Gasteiger partial charge in [0.25, 0.3) is 0 Å². The van der Waals surface area contributed by atoms with Crippen molar-refractivity contribution in [2.24, 2.45) is 5.10 Å². The third kappa shape index (κ3) is 5.33. The quantitative estimate of drug-likeness (QED) is 0.484. The Bertz CT molecular complexity index is 1230. The average Bonchev–Trinajstić information content (AvgIpc) is 3.40. The second kappa shape index (κ2) is 10.3. The molecular weight excluding hydrogens is 507 g/mol. The molecule has 1 saturated heterocycles. The molecule has 2 aliphatic heterocycles. The van der Waals surface area contributed by atoms with Crippen LogP contribution in [0.3, 0.4) is 0 Å². The maximum Gasteiger partial charge on any atom is 0.227 e. The van der Waals surface area contributed by atoms with E-state index in [9.17, 15) is 4.79 Å². The van der Waals surface area contributed by atoms with E-state index in [4.69, 9.17) is 34.8 Å². The molecule has 2 heterocycles. The zero-order chi connectivity index (χ0) is 24.4. The van der Waals surface area contributed by atoms with Crippen LogP contribution in [0.4, 0.5) is 11.4 Å². The van der Waals surface area contributed by atoms with Crippen LogP contribution < -0.4 is 21.0 Å². The van der Waals surface area contributed by atoms with Crippen molar-refractivity contribution in [3.63, 3.8) is 0 Å². The lowest BCUT2D eigenvalue weighted by molar-refractivity contribution is -0.131. The van der Waals surface area contributed by atoms with Crippen molar-refractivity contribution >= 4 is 58.4 Å². The van der Waals surface area contributed by atoms with Gasteiger partial charge in [0.15, 0.2) is 0 Å². The number of hydrogen-bond acceptors (Lipinski definition) is 6. The number of anilines is 2. The number of hydrazine groups is 2. The summed E-state index contributed by atoms with van der Waals surface area (Å²) in [7, 11) is 0. The summed E-state index contributed by atoms with van der Waals surface area (Å²) in [5.41, 5.74) is 9.39. The van der Waals surface area contributed by atoms with Crippen LogP contribution in [0.15, 0.2) is 71.8 Å². The fourth-order valence-electron chi connectivity index (χ4n) is 4.37. The molecule has 0 bridgehead atoms. The Kier molecular flexibility index (Phi) is 7.02. The minimum Gasteiger partial charge on any atom is -0.360 e. The van der Waals surface area contributed by atoms with Gasteiger partial charge < -0.3 is 9.80 Å². The van der Waals surface area contributed by atoms with Gasteiger partial charge in [-0.05, 0) is 53.6 Å². The summed E-state index contributed by atoms with van der Waals surface area (Å²) in [6.45, 7) is 1.78. The summed E-state index contributed by atoms with van der Waals surface area (Å²) >= 11 is 18.8. The van der Waals surface area contributed by atoms with Gasteiger partial charge in [0.05, 0.1) is 28.9 Å². The summed E-state index contributed by atoms with van der Waals surface area (Å²) in [5, 5.41) is 7.50. The molecule has 3 aromatic rings. The highest BCUT2D eigenvalue weighted by molar-refractivity contribution is 6.36. The molecule has 0 aliphatic carbocycles. The normalized spacial score (nSPS) is 17.6. The molecule has 180 valence electrons. The molecule has 1 atom stereocenters. The van der Waals surface area contributed by atoms with Gasteiger partial charge in [-0.2, -0.15) is 5.10 Å². The van der Waals surface area contributed by atoms with Crippen molar-refractivity contribution in [3.05, 3.63) is 92.9 Å². The molecule has 3 aromatic carbocycles. The summed E-state index contributed by atoms with van der Waals surface area (Å²) in [6, 6.07) is 21.0. The van der Waals surface area contributed by atoms with Crippen LogP contribution in [-0.2, 0) is 11.2 Å². The number of nitrogens with one attached hydrogen (secondary N) is 2. The van der Waals surface area contributed by atoms with Crippen LogP contribution in [0.25, 0.3) is 0 Å². The highest BCUT2D eigenvalue weighted by atomic mass is 35.5. The van der Waals surface area contributed by atoms with Crippen molar-refractivity contribution in [3.8, 4) is 0 Å². The summed E-state index contributed by atoms with van der Waals surface area (Å²) in [6.07, 6.45) is 1.97. The van der Waals surface area contributed by atoms with Gasteiger partial charge in [0.1, 0.15) is 6.34 Å². The van der Waals surface area contributed by atoms with E-state index in [0.29, 0.717) is 41.1 Å². The van der Waals surface area contributed by atoms with E-state index < -0.39 is 0 Å². The molecule has 2 N–H and O–H groups in total. The number of rotatable bonds is 5. The largest absolute Gasteiger partial charge is 0.360 e. The van der Waals surface area contributed by atoms with E-state index in [1.165, 1.54) is 0 Å². The Morgan fingerprint density at radius 1 is 0.943 bits per heavy atom. The van der Waals surface area contributed by atoms with Crippen LogP contribution in [0.1, 0.15) is 17.2 Å². The van der Waals surface area contributed by atoms with Gasteiger partial charge in [-0.25, -0.2) is 10.5 Å². The van der Waals surface area contributed by atoms with Crippen LogP contribution in [0, 0.1) is 0 Å². The van der Waals surface area contributed by atoms with E-state index in [1.54, 1.807) is 17.4 Å². The Balaban J connectivity index is 1.34. The highest BCUT2D eigenvalue weighted by Crippen LogP contribution is 2.37. The maximum absolute atomic E-state index is 13.3. The second-order valence-electron chi connectivity index (χ2n) is 8.38. The van der Waals surface area contributed by atoms with Crippen molar-refractivity contribution in [2.75, 3.05) is 29.5 Å². The van der Waals surface area contributed by atoms with Crippen LogP contribution in [0.2, 0.25) is 15.1 Å². The third-order valence-corrected chi connectivity index (χ3v) is 6.97. The first kappa shape index (κ1) is 23.8. The minimum atomic E-state index is -0.0703. The Labute approximate surface area is 218 Å². The van der Waals surface area contributed by atoms with E-state index in [1.807, 2.05) is 65.6 Å². The van der Waals surface area contributed by atoms with Crippen molar-refractivity contribution in [2.45, 2.75) is 12.5 Å². The molecule has 1 unspecified atom stereocenters. The molecule has 0 saturated carbocycles. The molecule has 35 heavy (non-hydrogen) atoms. The maximum atomic E-state index is 13.3. The number of amides is 1. The van der Waals surface area contributed by atoms with Crippen molar-refractivity contribution < 1.29 is 4.79 Å². The molecule has 10 heteroatoms. The first-order valence-corrected chi connectivity index (χ1v) is 12.3. The molecule has 1 fully saturated rings. The lowest BCUT2D eigenvalue weighted by Gasteiger charge is -2.43. The molecule has 1 amide bonds. The molecule has 0 radical (unpaired) electrons. The smallest absolute Gasteiger partial charge is 0.227 e. The lowest BCUT2D eigenvalue weighted by atomic mass is 10.0. The molecule has 5 rings (SSSR count). The topological polar surface area (TPSA) is 63.2 Å². The number of nitrogens with zero attached hydrogens (tertiary/aromatic N) is 4. The van der Waals surface area contributed by atoms with Gasteiger partial charge in [0, 0.05) is 29.7 Å². The molecule has 0 spiro atoms. The van der Waals surface area contributed by atoms with Crippen molar-refractivity contribution in [1.29, 1.82) is 0 Å². The van der Waals surface area contributed by atoms with E-state index >= 15 is 0 Å². The number of hydrazone groups is 1. The monoisotopic (exact) mass is 528 g/mol. The second-order valence-corrected chi connectivity index (χ2v) is 9.66. The lowest BCUT2D eigenvalue weighted by Crippen LogP contribution is -2.51. The average molecular weight is 530 g/mol. The number of piperazine rings is 1. The van der Waals surface area contributed by atoms with E-state index in [2.05, 4.69) is 21.1 Å². The predicted molar refractivity (Wildman–Crippen MR) is 142 cm³/mol. The Morgan fingerprint density at radius 2 is 1.69 bits per heavy atom. The zero-order valence-electron chi connectivity index (χ0n) is 18.7. The SMILES string of the molecule is O=C(Cc1ccc(N2C=NNN2)cc1)N1CCN(c2ccc(Cl)cc2Cl)C(c2ccc(Cl)cc2)C1. The summed E-state index contributed by atoms with van der Waals surface area (Å²) in [4.78, 5) is 17.4. The standard InChI is InChI=1S/C25H23Cl3N6O/c26-19-5-3-18(4-6-19)24-15-32(11-12-33(24)23-10-7-20(27)14-22(23)28)25(35)13-17-1-8-21(9-2-17)34-16-29-30-31-34/h1-10,14,16,24,30-31H,11-13,15H2. The summed E-state index contributed by atoms with van der Waals surface area (Å²) < 4.78 is 0. The van der Waals surface area contributed by atoms with Crippen molar-refractivity contribution in [1.82, 2.24) is 16.0 Å². The van der Waals surface area contributed by atoms with Crippen LogP contribution in [-0.4, -0.2) is 36.8 Å². The molecule has 0 aromatic heterocycles. The third-order valence-electron chi connectivity index (χ3n) is 6.19. The number of carbonyl (C=O) groups excluding carboxylic acids is 1. The van der Waals surface area contributed by atoms with Gasteiger partial charge in [-0.1, -0.05) is 59.1 Å². The van der Waals surface area contributed by atoms with Crippen LogP contribution >= 0.6 is 34.8 Å². The van der Waals surface area contributed by atoms with Crippen LogP contribution in [0.5, 0.6) is 0 Å². The van der Waals surface area contributed by atoms with Gasteiger partial charge in [-0.3, -0.25) is 4.79 Å². The highest BCUT2D eigenvalue weighted by Gasteiger charge is 2.32. The summed E-state index contributed by atoms with van der Waals surface area (Å²) in [5.74, 6) is 0.0843. The zero-order valence-corrected chi connectivity index (χ0v) is 20.9. The fourth-order valence-corrected chi connectivity index (χ4v) is 5.02. The Morgan fingerprint density at radius 3 is 2.37 bits per heavy atom.